The molecule has 9 heteroatoms. The third kappa shape index (κ3) is 5.73. The molecule has 0 spiro atoms. The molecule has 0 unspecified atom stereocenters. The first-order valence-corrected chi connectivity index (χ1v) is 11.1. The lowest BCUT2D eigenvalue weighted by Gasteiger charge is -2.27. The van der Waals surface area contributed by atoms with Crippen LogP contribution in [0.5, 0.6) is 0 Å². The Labute approximate surface area is 132 Å². The van der Waals surface area contributed by atoms with Crippen LogP contribution in [-0.4, -0.2) is 58.8 Å². The monoisotopic (exact) mass is 364 g/mol. The summed E-state index contributed by atoms with van der Waals surface area (Å²) in [4.78, 5) is 0. The summed E-state index contributed by atoms with van der Waals surface area (Å²) in [5, 5.41) is 0. The fourth-order valence-corrected chi connectivity index (χ4v) is 7.78. The second kappa shape index (κ2) is 7.19. The van der Waals surface area contributed by atoms with Crippen LogP contribution in [0, 0.1) is 37.0 Å². The van der Waals surface area contributed by atoms with Gasteiger partial charge in [0.1, 0.15) is 17.3 Å². The van der Waals surface area contributed by atoms with Gasteiger partial charge in [-0.15, -0.1) is 19.3 Å². The largest absolute Gasteiger partial charge is 0.228 e. The summed E-state index contributed by atoms with van der Waals surface area (Å²) in [5.41, 5.74) is 0. The first-order chi connectivity index (χ1) is 9.85. The van der Waals surface area contributed by atoms with Gasteiger partial charge in [0.05, 0.1) is 16.3 Å². The number of sulfone groups is 3. The Kier molecular flexibility index (Phi) is 6.71. The van der Waals surface area contributed by atoms with E-state index in [4.69, 9.17) is 19.3 Å². The Balaban J connectivity index is 6.00. The Hall–Kier alpha value is -1.47. The molecular weight excluding hydrogens is 348 g/mol. The van der Waals surface area contributed by atoms with Crippen LogP contribution < -0.4 is 0 Å². The van der Waals surface area contributed by atoms with Gasteiger partial charge in [-0.05, 0) is 6.92 Å². The molecule has 0 saturated heterocycles. The van der Waals surface area contributed by atoms with Crippen molar-refractivity contribution in [2.75, 3.05) is 28.8 Å². The lowest BCUT2D eigenvalue weighted by atomic mass is 10.2. The molecule has 22 heavy (non-hydrogen) atoms. The van der Waals surface area contributed by atoms with E-state index in [1.807, 2.05) is 17.8 Å². The van der Waals surface area contributed by atoms with E-state index in [-0.39, 0.29) is 0 Å². The molecule has 0 aromatic heterocycles. The molecule has 0 rings (SSSR count). The molecule has 0 aromatic rings. The SMILES string of the molecule is C#CCS(=O)(=O)CC(C)(CS(=O)(=O)CC#C)S(=O)(=O)CC#C. The summed E-state index contributed by atoms with van der Waals surface area (Å²) >= 11 is 0. The van der Waals surface area contributed by atoms with Gasteiger partial charge in [0.2, 0.25) is 0 Å². The van der Waals surface area contributed by atoms with Crippen molar-refractivity contribution >= 4 is 29.5 Å². The van der Waals surface area contributed by atoms with E-state index in [1.165, 1.54) is 0 Å². The highest BCUT2D eigenvalue weighted by Crippen LogP contribution is 2.24. The van der Waals surface area contributed by atoms with E-state index in [1.54, 1.807) is 0 Å². The summed E-state index contributed by atoms with van der Waals surface area (Å²) < 4.78 is 69.8. The molecule has 6 nitrogen and oxygen atoms in total. The van der Waals surface area contributed by atoms with E-state index in [0.29, 0.717) is 0 Å². The molecular formula is C13H16O6S3. The van der Waals surface area contributed by atoms with Crippen LogP contribution in [0.1, 0.15) is 6.92 Å². The minimum absolute atomic E-state index is 0.705. The Morgan fingerprint density at radius 3 is 1.32 bits per heavy atom. The maximum Gasteiger partial charge on any atom is 0.168 e. The highest BCUT2D eigenvalue weighted by Gasteiger charge is 2.45. The van der Waals surface area contributed by atoms with Crippen molar-refractivity contribution in [2.24, 2.45) is 0 Å². The van der Waals surface area contributed by atoms with Gasteiger partial charge in [-0.3, -0.25) is 0 Å². The normalized spacial score (nSPS) is 12.8. The van der Waals surface area contributed by atoms with E-state index in [2.05, 4.69) is 0 Å². The predicted octanol–water partition coefficient (Wildman–Crippen LogP) is -1.11. The number of hydrogen-bond acceptors (Lipinski definition) is 6. The van der Waals surface area contributed by atoms with Crippen LogP contribution >= 0.6 is 0 Å². The zero-order valence-corrected chi connectivity index (χ0v) is 14.4. The van der Waals surface area contributed by atoms with Crippen molar-refractivity contribution in [2.45, 2.75) is 11.7 Å². The average Bonchev–Trinajstić information content (AvgIpc) is 2.25. The molecule has 0 fully saturated rings. The minimum Gasteiger partial charge on any atom is -0.228 e. The Morgan fingerprint density at radius 1 is 0.727 bits per heavy atom. The van der Waals surface area contributed by atoms with Gasteiger partial charge in [0.25, 0.3) is 0 Å². The number of rotatable bonds is 8. The van der Waals surface area contributed by atoms with Crippen LogP contribution in [0.2, 0.25) is 0 Å². The fourth-order valence-electron chi connectivity index (χ4n) is 1.79. The standard InChI is InChI=1S/C13H16O6S3/c1-5-8-20(14,15)11-13(4,22(18,19)10-7-3)12-21(16,17)9-6-2/h1-3H,8-12H2,4H3. The molecule has 122 valence electrons. The van der Waals surface area contributed by atoms with E-state index >= 15 is 0 Å². The second-order valence-electron chi connectivity index (χ2n) is 4.89. The van der Waals surface area contributed by atoms with Gasteiger partial charge in [-0.25, -0.2) is 25.3 Å². The van der Waals surface area contributed by atoms with Gasteiger partial charge < -0.3 is 0 Å². The van der Waals surface area contributed by atoms with Crippen molar-refractivity contribution in [1.29, 1.82) is 0 Å². The lowest BCUT2D eigenvalue weighted by molar-refractivity contribution is 0.545. The summed E-state index contributed by atoms with van der Waals surface area (Å²) in [6.07, 6.45) is 14.8. The van der Waals surface area contributed by atoms with Gasteiger partial charge in [0.15, 0.2) is 29.5 Å². The molecule has 0 aromatic carbocycles. The van der Waals surface area contributed by atoms with Crippen LogP contribution in [0.4, 0.5) is 0 Å². The second-order valence-corrected chi connectivity index (χ2v) is 11.5. The van der Waals surface area contributed by atoms with Crippen molar-refractivity contribution < 1.29 is 25.3 Å². The Morgan fingerprint density at radius 2 is 1.05 bits per heavy atom. The van der Waals surface area contributed by atoms with E-state index in [9.17, 15) is 25.3 Å². The number of hydrogen-bond donors (Lipinski definition) is 0. The van der Waals surface area contributed by atoms with Crippen LogP contribution in [-0.2, 0) is 29.5 Å². The van der Waals surface area contributed by atoms with Crippen LogP contribution in [0.15, 0.2) is 0 Å². The molecule has 0 amide bonds. The summed E-state index contributed by atoms with van der Waals surface area (Å²) in [7, 11) is -12.2. The molecule has 0 atom stereocenters. The molecule has 0 saturated carbocycles. The summed E-state index contributed by atoms with van der Waals surface area (Å²) in [6.45, 7) is 1.02. The van der Waals surface area contributed by atoms with Gasteiger partial charge in [-0.2, -0.15) is 0 Å². The minimum atomic E-state index is -4.21. The topological polar surface area (TPSA) is 102 Å². The number of terminal acetylenes is 3. The van der Waals surface area contributed by atoms with E-state index < -0.39 is 63.0 Å². The third-order valence-electron chi connectivity index (χ3n) is 2.68. The zero-order chi connectivity index (χ0) is 17.7. The van der Waals surface area contributed by atoms with Crippen molar-refractivity contribution in [1.82, 2.24) is 0 Å². The van der Waals surface area contributed by atoms with Gasteiger partial charge >= 0.3 is 0 Å². The smallest absolute Gasteiger partial charge is 0.168 e. The maximum absolute atomic E-state index is 12.2. The Bertz CT molecular complexity index is 792. The van der Waals surface area contributed by atoms with Crippen LogP contribution in [0.25, 0.3) is 0 Å². The van der Waals surface area contributed by atoms with Gasteiger partial charge in [0, 0.05) is 0 Å². The average molecular weight is 364 g/mol. The first-order valence-electron chi connectivity index (χ1n) is 5.78. The van der Waals surface area contributed by atoms with Gasteiger partial charge in [-0.1, -0.05) is 17.8 Å². The lowest BCUT2D eigenvalue weighted by Crippen LogP contribution is -2.49. The fraction of sp³-hybridized carbons (Fsp3) is 0.538. The molecule has 0 aliphatic rings. The highest BCUT2D eigenvalue weighted by atomic mass is 32.2. The molecule has 0 aliphatic heterocycles. The van der Waals surface area contributed by atoms with Crippen molar-refractivity contribution in [3.8, 4) is 37.0 Å². The van der Waals surface area contributed by atoms with Crippen molar-refractivity contribution in [3.63, 3.8) is 0 Å². The molecule has 0 N–H and O–H groups in total. The zero-order valence-electron chi connectivity index (χ0n) is 11.9. The van der Waals surface area contributed by atoms with Crippen molar-refractivity contribution in [3.05, 3.63) is 0 Å². The highest BCUT2D eigenvalue weighted by molar-refractivity contribution is 7.98. The summed E-state index contributed by atoms with van der Waals surface area (Å²) in [5.74, 6) is 1.59. The third-order valence-corrected chi connectivity index (χ3v) is 8.75. The molecule has 0 radical (unpaired) electrons. The molecule has 0 heterocycles. The molecule has 0 bridgehead atoms. The van der Waals surface area contributed by atoms with Crippen LogP contribution in [0.3, 0.4) is 0 Å². The summed E-state index contributed by atoms with van der Waals surface area (Å²) in [6, 6.07) is 0. The molecule has 0 aliphatic carbocycles. The quantitative estimate of drug-likeness (QED) is 0.506. The maximum atomic E-state index is 12.2. The predicted molar refractivity (Wildman–Crippen MR) is 86.0 cm³/mol. The van der Waals surface area contributed by atoms with E-state index in [0.717, 1.165) is 6.92 Å². The first kappa shape index (κ1) is 20.5.